The molecule has 2 aromatic rings. The van der Waals surface area contributed by atoms with Gasteiger partial charge in [-0.05, 0) is 50.5 Å². The Morgan fingerprint density at radius 2 is 2.20 bits per heavy atom. The van der Waals surface area contributed by atoms with Gasteiger partial charge in [0.1, 0.15) is 5.75 Å². The molecule has 1 saturated heterocycles. The van der Waals surface area contributed by atoms with Gasteiger partial charge in [-0.2, -0.15) is 0 Å². The number of carbonyl (C=O) groups excluding carboxylic acids is 1. The molecule has 1 aliphatic heterocycles. The van der Waals surface area contributed by atoms with Gasteiger partial charge in [0.15, 0.2) is 5.69 Å². The van der Waals surface area contributed by atoms with Crippen LogP contribution in [-0.2, 0) is 4.74 Å². The second-order valence-electron chi connectivity index (χ2n) is 6.12. The number of aromatic nitrogens is 3. The highest BCUT2D eigenvalue weighted by Gasteiger charge is 2.20. The van der Waals surface area contributed by atoms with Crippen LogP contribution in [0, 0.1) is 6.92 Å². The third-order valence-electron chi connectivity index (χ3n) is 4.18. The van der Waals surface area contributed by atoms with Crippen molar-refractivity contribution in [2.75, 3.05) is 19.8 Å². The van der Waals surface area contributed by atoms with E-state index in [1.165, 1.54) is 0 Å². The van der Waals surface area contributed by atoms with Crippen LogP contribution >= 0.6 is 0 Å². The Labute approximate surface area is 147 Å². The maximum absolute atomic E-state index is 12.3. The molecular formula is C18H24N4O3. The summed E-state index contributed by atoms with van der Waals surface area (Å²) in [7, 11) is 0. The lowest BCUT2D eigenvalue weighted by molar-refractivity contribution is 0.0853. The number of benzene rings is 1. The van der Waals surface area contributed by atoms with Gasteiger partial charge in [-0.3, -0.25) is 4.79 Å². The van der Waals surface area contributed by atoms with E-state index >= 15 is 0 Å². The second-order valence-corrected chi connectivity index (χ2v) is 6.12. The van der Waals surface area contributed by atoms with Crippen molar-refractivity contribution in [3.05, 3.63) is 35.7 Å². The van der Waals surface area contributed by atoms with Gasteiger partial charge >= 0.3 is 0 Å². The molecule has 1 atom stereocenters. The number of amides is 1. The molecule has 2 heterocycles. The number of ether oxygens (including phenoxy) is 2. The number of nitrogens with zero attached hydrogens (tertiary/aromatic N) is 3. The zero-order valence-corrected chi connectivity index (χ0v) is 14.7. The Morgan fingerprint density at radius 3 is 2.88 bits per heavy atom. The highest BCUT2D eigenvalue weighted by Crippen LogP contribution is 2.17. The molecule has 1 aliphatic rings. The Bertz CT molecular complexity index is 706. The minimum atomic E-state index is -0.220. The summed E-state index contributed by atoms with van der Waals surface area (Å²) in [6.45, 7) is 5.88. The van der Waals surface area contributed by atoms with Crippen LogP contribution in [0.1, 0.15) is 42.4 Å². The molecular weight excluding hydrogens is 320 g/mol. The molecule has 0 unspecified atom stereocenters. The predicted molar refractivity (Wildman–Crippen MR) is 93.2 cm³/mol. The van der Waals surface area contributed by atoms with Gasteiger partial charge in [-0.1, -0.05) is 12.1 Å². The molecule has 0 aliphatic carbocycles. The Balaban J connectivity index is 1.66. The maximum atomic E-state index is 12.3. The minimum Gasteiger partial charge on any atom is -0.494 e. The van der Waals surface area contributed by atoms with E-state index in [0.717, 1.165) is 37.3 Å². The van der Waals surface area contributed by atoms with E-state index in [1.54, 1.807) is 4.68 Å². The molecule has 0 saturated carbocycles. The van der Waals surface area contributed by atoms with Crippen LogP contribution in [0.4, 0.5) is 0 Å². The van der Waals surface area contributed by atoms with Crippen LogP contribution in [0.25, 0.3) is 5.69 Å². The van der Waals surface area contributed by atoms with Crippen LogP contribution in [0.5, 0.6) is 5.75 Å². The molecule has 1 N–H and O–H groups in total. The van der Waals surface area contributed by atoms with Crippen molar-refractivity contribution in [3.63, 3.8) is 0 Å². The number of carbonyl (C=O) groups is 1. The first-order valence-corrected chi connectivity index (χ1v) is 8.74. The van der Waals surface area contributed by atoms with Gasteiger partial charge in [0, 0.05) is 13.2 Å². The number of hydrogen-bond donors (Lipinski definition) is 1. The van der Waals surface area contributed by atoms with Crippen molar-refractivity contribution >= 4 is 5.91 Å². The summed E-state index contributed by atoms with van der Waals surface area (Å²) in [4.78, 5) is 12.3. The van der Waals surface area contributed by atoms with E-state index in [-0.39, 0.29) is 12.0 Å². The summed E-state index contributed by atoms with van der Waals surface area (Å²) >= 11 is 0. The second kappa shape index (κ2) is 8.11. The Morgan fingerprint density at radius 1 is 1.40 bits per heavy atom. The smallest absolute Gasteiger partial charge is 0.273 e. The van der Waals surface area contributed by atoms with Crippen LogP contribution in [0.2, 0.25) is 0 Å². The highest BCUT2D eigenvalue weighted by molar-refractivity contribution is 5.93. The summed E-state index contributed by atoms with van der Waals surface area (Å²) in [6.07, 6.45) is 3.11. The normalized spacial score (nSPS) is 16.8. The quantitative estimate of drug-likeness (QED) is 0.834. The molecule has 1 aromatic heterocycles. The fourth-order valence-corrected chi connectivity index (χ4v) is 2.78. The standard InChI is InChI=1S/C18H24N4O3/c1-3-10-24-15-8-6-14(7-9-15)22-13(2)17(20-21-22)18(23)19-12-16-5-4-11-25-16/h6-9,16H,3-5,10-12H2,1-2H3,(H,19,23)/t16-/m1/s1. The van der Waals surface area contributed by atoms with Crippen molar-refractivity contribution in [1.82, 2.24) is 20.3 Å². The summed E-state index contributed by atoms with van der Waals surface area (Å²) in [5, 5.41) is 11.0. The lowest BCUT2D eigenvalue weighted by Crippen LogP contribution is -2.32. The maximum Gasteiger partial charge on any atom is 0.273 e. The van der Waals surface area contributed by atoms with E-state index in [2.05, 4.69) is 22.6 Å². The molecule has 0 bridgehead atoms. The zero-order valence-electron chi connectivity index (χ0n) is 14.7. The average molecular weight is 344 g/mol. The Kier molecular flexibility index (Phi) is 5.65. The van der Waals surface area contributed by atoms with E-state index in [9.17, 15) is 4.79 Å². The molecule has 1 amide bonds. The summed E-state index contributed by atoms with van der Waals surface area (Å²) in [5.74, 6) is 0.597. The van der Waals surface area contributed by atoms with Crippen LogP contribution in [-0.4, -0.2) is 46.8 Å². The number of hydrogen-bond acceptors (Lipinski definition) is 5. The van der Waals surface area contributed by atoms with Crippen LogP contribution < -0.4 is 10.1 Å². The topological polar surface area (TPSA) is 78.3 Å². The first kappa shape index (κ1) is 17.4. The van der Waals surface area contributed by atoms with E-state index in [4.69, 9.17) is 9.47 Å². The lowest BCUT2D eigenvalue weighted by atomic mass is 10.2. The van der Waals surface area contributed by atoms with Gasteiger partial charge < -0.3 is 14.8 Å². The first-order valence-electron chi connectivity index (χ1n) is 8.74. The Hall–Kier alpha value is -2.41. The largest absolute Gasteiger partial charge is 0.494 e. The first-order chi connectivity index (χ1) is 12.2. The van der Waals surface area contributed by atoms with Crippen molar-refractivity contribution in [2.45, 2.75) is 39.2 Å². The third-order valence-corrected chi connectivity index (χ3v) is 4.18. The van der Waals surface area contributed by atoms with Crippen LogP contribution in [0.15, 0.2) is 24.3 Å². The summed E-state index contributed by atoms with van der Waals surface area (Å²) in [5.41, 5.74) is 1.88. The fourth-order valence-electron chi connectivity index (χ4n) is 2.78. The van der Waals surface area contributed by atoms with Crippen molar-refractivity contribution in [3.8, 4) is 11.4 Å². The molecule has 1 fully saturated rings. The van der Waals surface area contributed by atoms with Gasteiger partial charge in [0.2, 0.25) is 0 Å². The van der Waals surface area contributed by atoms with Gasteiger partial charge in [0.05, 0.1) is 24.1 Å². The average Bonchev–Trinajstić information content (AvgIpc) is 3.28. The molecule has 3 rings (SSSR count). The fraction of sp³-hybridized carbons (Fsp3) is 0.500. The van der Waals surface area contributed by atoms with Crippen molar-refractivity contribution < 1.29 is 14.3 Å². The van der Waals surface area contributed by atoms with E-state index in [1.807, 2.05) is 31.2 Å². The van der Waals surface area contributed by atoms with Gasteiger partial charge in [-0.15, -0.1) is 5.10 Å². The molecule has 7 heteroatoms. The minimum absolute atomic E-state index is 0.106. The van der Waals surface area contributed by atoms with Crippen molar-refractivity contribution in [2.24, 2.45) is 0 Å². The molecule has 7 nitrogen and oxygen atoms in total. The monoisotopic (exact) mass is 344 g/mol. The van der Waals surface area contributed by atoms with Gasteiger partial charge in [-0.25, -0.2) is 4.68 Å². The summed E-state index contributed by atoms with van der Waals surface area (Å²) in [6, 6.07) is 7.59. The lowest BCUT2D eigenvalue weighted by Gasteiger charge is -2.10. The molecule has 0 radical (unpaired) electrons. The third kappa shape index (κ3) is 4.17. The summed E-state index contributed by atoms with van der Waals surface area (Å²) < 4.78 is 12.8. The van der Waals surface area contributed by atoms with Crippen LogP contribution in [0.3, 0.4) is 0 Å². The predicted octanol–water partition coefficient (Wildman–Crippen LogP) is 2.27. The van der Waals surface area contributed by atoms with E-state index < -0.39 is 0 Å². The molecule has 0 spiro atoms. The molecule has 134 valence electrons. The highest BCUT2D eigenvalue weighted by atomic mass is 16.5. The molecule has 25 heavy (non-hydrogen) atoms. The SMILES string of the molecule is CCCOc1ccc(-n2nnc(C(=O)NC[C@H]3CCCO3)c2C)cc1. The van der Waals surface area contributed by atoms with Crippen molar-refractivity contribution in [1.29, 1.82) is 0 Å². The zero-order chi connectivity index (χ0) is 17.6. The number of rotatable bonds is 7. The van der Waals surface area contributed by atoms with E-state index in [0.29, 0.717) is 24.5 Å². The number of nitrogens with one attached hydrogen (secondary N) is 1. The van der Waals surface area contributed by atoms with Gasteiger partial charge in [0.25, 0.3) is 5.91 Å². The molecule has 1 aromatic carbocycles.